The van der Waals surface area contributed by atoms with Crippen molar-refractivity contribution in [2.45, 2.75) is 32.3 Å². The van der Waals surface area contributed by atoms with Gasteiger partial charge in [0.05, 0.1) is 17.7 Å². The molecule has 2 aromatic carbocycles. The first-order valence-corrected chi connectivity index (χ1v) is 8.41. The summed E-state index contributed by atoms with van der Waals surface area (Å²) < 4.78 is 0. The third-order valence-corrected chi connectivity index (χ3v) is 4.62. The highest BCUT2D eigenvalue weighted by Gasteiger charge is 2.19. The van der Waals surface area contributed by atoms with E-state index in [1.807, 2.05) is 42.5 Å². The average Bonchev–Trinajstić information content (AvgIpc) is 3.01. The van der Waals surface area contributed by atoms with Crippen LogP contribution in [0.5, 0.6) is 0 Å². The second-order valence-corrected chi connectivity index (χ2v) is 6.22. The zero-order valence-corrected chi connectivity index (χ0v) is 13.5. The van der Waals surface area contributed by atoms with Gasteiger partial charge in [-0.2, -0.15) is 0 Å². The van der Waals surface area contributed by atoms with Gasteiger partial charge in [-0.15, -0.1) is 0 Å². The zero-order chi connectivity index (χ0) is 16.4. The van der Waals surface area contributed by atoms with Crippen molar-refractivity contribution in [1.82, 2.24) is 10.5 Å². The molecule has 0 saturated carbocycles. The molecule has 1 aliphatic rings. The largest absolute Gasteiger partial charge is 0.358 e. The Bertz CT molecular complexity index is 868. The van der Waals surface area contributed by atoms with Crippen LogP contribution in [0.3, 0.4) is 0 Å². The molecule has 0 unspecified atom stereocenters. The monoisotopic (exact) mass is 320 g/mol. The summed E-state index contributed by atoms with van der Waals surface area (Å²) in [5, 5.41) is 1.17. The summed E-state index contributed by atoms with van der Waals surface area (Å²) >= 11 is 0. The van der Waals surface area contributed by atoms with E-state index in [0.29, 0.717) is 12.2 Å². The molecule has 0 atom stereocenters. The minimum atomic E-state index is -0.213. The maximum atomic E-state index is 12.5. The molecular weight excluding hydrogens is 300 g/mol. The maximum absolute atomic E-state index is 12.5. The number of carbonyl (C=O) groups is 1. The molecule has 0 aliphatic heterocycles. The summed E-state index contributed by atoms with van der Waals surface area (Å²) in [6, 6.07) is 15.7. The summed E-state index contributed by atoms with van der Waals surface area (Å²) in [6.07, 6.45) is 4.58. The number of H-pyrrole nitrogens is 1. The lowest BCUT2D eigenvalue weighted by Crippen LogP contribution is -2.23. The fraction of sp³-hybridized carbons (Fsp3) is 0.250. The number of aryl methyl sites for hydroxylation is 2. The van der Waals surface area contributed by atoms with Crippen LogP contribution in [0.25, 0.3) is 10.9 Å². The Kier molecular flexibility index (Phi) is 4.05. The van der Waals surface area contributed by atoms with E-state index < -0.39 is 0 Å². The second kappa shape index (κ2) is 6.49. The molecule has 1 heterocycles. The number of hydrogen-bond acceptors (Lipinski definition) is 2. The van der Waals surface area contributed by atoms with Gasteiger partial charge in [0.1, 0.15) is 0 Å². The molecule has 24 heavy (non-hydrogen) atoms. The van der Waals surface area contributed by atoms with E-state index in [9.17, 15) is 4.79 Å². The molecule has 1 aromatic heterocycles. The van der Waals surface area contributed by atoms with Gasteiger partial charge in [-0.3, -0.25) is 9.63 Å². The van der Waals surface area contributed by atoms with Crippen LogP contribution in [-0.2, 0) is 24.3 Å². The number of rotatable bonds is 4. The number of aromatic nitrogens is 1. The first-order valence-electron chi connectivity index (χ1n) is 8.41. The molecule has 4 rings (SSSR count). The van der Waals surface area contributed by atoms with Crippen LogP contribution in [-0.4, -0.2) is 10.9 Å². The van der Waals surface area contributed by atoms with Crippen molar-refractivity contribution in [3.05, 3.63) is 70.9 Å². The number of hydrogen-bond donors (Lipinski definition) is 2. The number of benzene rings is 2. The SMILES string of the molecule is O=C(NOCc1ccccc1)c1cccc2c3c([nH]c12)CCCC3. The molecule has 0 radical (unpaired) electrons. The van der Waals surface area contributed by atoms with Crippen LogP contribution in [0.1, 0.15) is 40.0 Å². The molecule has 2 N–H and O–H groups in total. The van der Waals surface area contributed by atoms with Gasteiger partial charge in [0.2, 0.25) is 0 Å². The normalized spacial score (nSPS) is 13.7. The Labute approximate surface area is 140 Å². The van der Waals surface area contributed by atoms with Gasteiger partial charge >= 0.3 is 0 Å². The van der Waals surface area contributed by atoms with Crippen molar-refractivity contribution in [3.63, 3.8) is 0 Å². The minimum Gasteiger partial charge on any atom is -0.358 e. The predicted octanol–water partition coefficient (Wildman–Crippen LogP) is 3.91. The lowest BCUT2D eigenvalue weighted by atomic mass is 9.95. The Morgan fingerprint density at radius 2 is 1.88 bits per heavy atom. The molecule has 3 aromatic rings. The maximum Gasteiger partial charge on any atom is 0.276 e. The van der Waals surface area contributed by atoms with Crippen LogP contribution in [0.4, 0.5) is 0 Å². The van der Waals surface area contributed by atoms with Gasteiger partial charge in [0.25, 0.3) is 5.91 Å². The molecule has 4 nitrogen and oxygen atoms in total. The van der Waals surface area contributed by atoms with Crippen LogP contribution < -0.4 is 5.48 Å². The van der Waals surface area contributed by atoms with Gasteiger partial charge in [-0.05, 0) is 42.9 Å². The highest BCUT2D eigenvalue weighted by Crippen LogP contribution is 2.30. The zero-order valence-electron chi connectivity index (χ0n) is 13.5. The number of para-hydroxylation sites is 1. The molecule has 0 saturated heterocycles. The highest BCUT2D eigenvalue weighted by atomic mass is 16.6. The number of amides is 1. The predicted molar refractivity (Wildman–Crippen MR) is 93.6 cm³/mol. The topological polar surface area (TPSA) is 54.1 Å². The molecular formula is C20H20N2O2. The molecule has 0 bridgehead atoms. The smallest absolute Gasteiger partial charge is 0.276 e. The van der Waals surface area contributed by atoms with Gasteiger partial charge in [-0.1, -0.05) is 42.5 Å². The van der Waals surface area contributed by atoms with Crippen molar-refractivity contribution in [1.29, 1.82) is 0 Å². The van der Waals surface area contributed by atoms with Gasteiger partial charge in [0, 0.05) is 11.1 Å². The number of aromatic amines is 1. The number of fused-ring (bicyclic) bond motifs is 3. The van der Waals surface area contributed by atoms with Crippen molar-refractivity contribution >= 4 is 16.8 Å². The molecule has 0 fully saturated rings. The Hall–Kier alpha value is -2.59. The highest BCUT2D eigenvalue weighted by molar-refractivity contribution is 6.06. The second-order valence-electron chi connectivity index (χ2n) is 6.22. The third-order valence-electron chi connectivity index (χ3n) is 4.62. The standard InChI is InChI=1S/C20H20N2O2/c23-20(22-24-13-14-7-2-1-3-8-14)17-11-6-10-16-15-9-4-5-12-18(15)21-19(16)17/h1-3,6-8,10-11,21H,4-5,9,12-13H2,(H,22,23). The Morgan fingerprint density at radius 3 is 2.75 bits per heavy atom. The summed E-state index contributed by atoms with van der Waals surface area (Å²) in [6.45, 7) is 0.351. The van der Waals surface area contributed by atoms with E-state index in [2.05, 4.69) is 16.5 Å². The number of nitrogens with one attached hydrogen (secondary N) is 2. The average molecular weight is 320 g/mol. The molecule has 4 heteroatoms. The summed E-state index contributed by atoms with van der Waals surface area (Å²) in [7, 11) is 0. The number of hydroxylamine groups is 1. The molecule has 0 spiro atoms. The molecule has 1 aliphatic carbocycles. The van der Waals surface area contributed by atoms with Crippen molar-refractivity contribution in [2.75, 3.05) is 0 Å². The summed E-state index contributed by atoms with van der Waals surface area (Å²) in [4.78, 5) is 21.3. The van der Waals surface area contributed by atoms with Crippen molar-refractivity contribution in [2.24, 2.45) is 0 Å². The van der Waals surface area contributed by atoms with Crippen LogP contribution >= 0.6 is 0 Å². The van der Waals surface area contributed by atoms with Crippen molar-refractivity contribution < 1.29 is 9.63 Å². The van der Waals surface area contributed by atoms with E-state index in [4.69, 9.17) is 4.84 Å². The van der Waals surface area contributed by atoms with Gasteiger partial charge in [0.15, 0.2) is 0 Å². The van der Waals surface area contributed by atoms with Crippen LogP contribution in [0.2, 0.25) is 0 Å². The van der Waals surface area contributed by atoms with Crippen LogP contribution in [0, 0.1) is 0 Å². The summed E-state index contributed by atoms with van der Waals surface area (Å²) in [5.41, 5.74) is 7.79. The van der Waals surface area contributed by atoms with Gasteiger partial charge < -0.3 is 4.98 Å². The fourth-order valence-electron chi connectivity index (χ4n) is 3.43. The van der Waals surface area contributed by atoms with E-state index in [-0.39, 0.29) is 5.91 Å². The van der Waals surface area contributed by atoms with E-state index >= 15 is 0 Å². The van der Waals surface area contributed by atoms with E-state index in [1.165, 1.54) is 29.5 Å². The van der Waals surface area contributed by atoms with Crippen LogP contribution in [0.15, 0.2) is 48.5 Å². The number of carbonyl (C=O) groups excluding carboxylic acids is 1. The first kappa shape index (κ1) is 15.0. The van der Waals surface area contributed by atoms with Crippen molar-refractivity contribution in [3.8, 4) is 0 Å². The third kappa shape index (κ3) is 2.81. The van der Waals surface area contributed by atoms with E-state index in [1.54, 1.807) is 0 Å². The quantitative estimate of drug-likeness (QED) is 0.716. The summed E-state index contributed by atoms with van der Waals surface area (Å²) in [5.74, 6) is -0.213. The molecule has 122 valence electrons. The lowest BCUT2D eigenvalue weighted by molar-refractivity contribution is 0.0235. The van der Waals surface area contributed by atoms with Gasteiger partial charge in [-0.25, -0.2) is 5.48 Å². The molecule has 1 amide bonds. The first-order chi connectivity index (χ1) is 11.8. The Morgan fingerprint density at radius 1 is 1.04 bits per heavy atom. The van der Waals surface area contributed by atoms with E-state index in [0.717, 1.165) is 23.9 Å². The Balaban J connectivity index is 1.53. The minimum absolute atomic E-state index is 0.213. The lowest BCUT2D eigenvalue weighted by Gasteiger charge is -2.10. The fourth-order valence-corrected chi connectivity index (χ4v) is 3.43.